The molecule has 0 saturated carbocycles. The molecule has 0 fully saturated rings. The largest absolute Gasteiger partial charge is 0.496 e. The van der Waals surface area contributed by atoms with Gasteiger partial charge in [0, 0.05) is 11.6 Å². The molecule has 0 aliphatic heterocycles. The number of carbonyl (C=O) groups is 1. The molecule has 2 aromatic rings. The van der Waals surface area contributed by atoms with E-state index in [2.05, 4.69) is 0 Å². The molecule has 0 atom stereocenters. The highest BCUT2D eigenvalue weighted by Crippen LogP contribution is 2.38. The van der Waals surface area contributed by atoms with Crippen molar-refractivity contribution in [2.75, 3.05) is 7.11 Å². The molecule has 0 heterocycles. The third-order valence-electron chi connectivity index (χ3n) is 3.14. The number of carbonyl (C=O) groups excluding carboxylic acids is 1. The van der Waals surface area contributed by atoms with Gasteiger partial charge in [-0.1, -0.05) is 0 Å². The van der Waals surface area contributed by atoms with Crippen LogP contribution in [0, 0.1) is 20.2 Å². The van der Waals surface area contributed by atoms with Gasteiger partial charge in [0.2, 0.25) is 11.5 Å². The zero-order chi connectivity index (χ0) is 17.9. The summed E-state index contributed by atoms with van der Waals surface area (Å²) >= 11 is 0. The molecule has 9 nitrogen and oxygen atoms in total. The van der Waals surface area contributed by atoms with Gasteiger partial charge < -0.3 is 9.47 Å². The molecule has 0 aromatic heterocycles. The summed E-state index contributed by atoms with van der Waals surface area (Å²) in [6.07, 6.45) is 0. The van der Waals surface area contributed by atoms with Crippen LogP contribution in [0.3, 0.4) is 0 Å². The number of benzene rings is 2. The first-order chi connectivity index (χ1) is 11.3. The summed E-state index contributed by atoms with van der Waals surface area (Å²) in [7, 11) is 1.35. The number of ether oxygens (including phenoxy) is 2. The maximum atomic E-state index is 11.3. The summed E-state index contributed by atoms with van der Waals surface area (Å²) in [6, 6.07) is 7.48. The second-order valence-corrected chi connectivity index (χ2v) is 4.69. The highest BCUT2D eigenvalue weighted by molar-refractivity contribution is 5.95. The van der Waals surface area contributed by atoms with E-state index < -0.39 is 21.2 Å². The molecular weight excluding hydrogens is 320 g/mol. The predicted molar refractivity (Wildman–Crippen MR) is 82.8 cm³/mol. The van der Waals surface area contributed by atoms with Crippen LogP contribution >= 0.6 is 0 Å². The van der Waals surface area contributed by atoms with Crippen LogP contribution in [0.2, 0.25) is 0 Å². The van der Waals surface area contributed by atoms with E-state index in [0.717, 1.165) is 12.1 Å². The average Bonchev–Trinajstić information content (AvgIpc) is 2.54. The fourth-order valence-corrected chi connectivity index (χ4v) is 1.94. The average molecular weight is 332 g/mol. The molecular formula is C15H12N2O7. The van der Waals surface area contributed by atoms with Gasteiger partial charge in [-0.15, -0.1) is 0 Å². The lowest BCUT2D eigenvalue weighted by Gasteiger charge is -2.08. The first-order valence-corrected chi connectivity index (χ1v) is 6.63. The maximum Gasteiger partial charge on any atom is 0.315 e. The summed E-state index contributed by atoms with van der Waals surface area (Å²) in [4.78, 5) is 32.2. The normalized spacial score (nSPS) is 10.1. The SMILES string of the molecule is COc1ccc(Oc2ccc(C(C)=O)cc2[N+](=O)[O-])c([N+](=O)[O-])c1. The number of nitro groups is 2. The third-order valence-corrected chi connectivity index (χ3v) is 3.14. The molecule has 0 aliphatic carbocycles. The van der Waals surface area contributed by atoms with E-state index >= 15 is 0 Å². The molecule has 0 amide bonds. The van der Waals surface area contributed by atoms with Crippen molar-refractivity contribution in [1.29, 1.82) is 0 Å². The minimum Gasteiger partial charge on any atom is -0.496 e. The van der Waals surface area contributed by atoms with E-state index in [1.165, 1.54) is 38.3 Å². The van der Waals surface area contributed by atoms with Crippen molar-refractivity contribution >= 4 is 17.2 Å². The third kappa shape index (κ3) is 3.46. The summed E-state index contributed by atoms with van der Waals surface area (Å²) in [6.45, 7) is 1.27. The van der Waals surface area contributed by atoms with E-state index in [9.17, 15) is 25.0 Å². The van der Waals surface area contributed by atoms with Crippen molar-refractivity contribution in [3.05, 3.63) is 62.2 Å². The first kappa shape index (κ1) is 16.9. The molecule has 0 spiro atoms. The minimum atomic E-state index is -0.725. The van der Waals surface area contributed by atoms with Crippen molar-refractivity contribution in [3.8, 4) is 17.2 Å². The number of ketones is 1. The van der Waals surface area contributed by atoms with Crippen molar-refractivity contribution in [1.82, 2.24) is 0 Å². The van der Waals surface area contributed by atoms with Gasteiger partial charge in [-0.2, -0.15) is 0 Å². The number of nitrogens with zero attached hydrogens (tertiary/aromatic N) is 2. The second kappa shape index (κ2) is 6.73. The van der Waals surface area contributed by atoms with E-state index in [4.69, 9.17) is 9.47 Å². The topological polar surface area (TPSA) is 122 Å². The highest BCUT2D eigenvalue weighted by Gasteiger charge is 2.23. The smallest absolute Gasteiger partial charge is 0.315 e. The zero-order valence-electron chi connectivity index (χ0n) is 12.7. The molecule has 2 aromatic carbocycles. The molecule has 0 bridgehead atoms. The zero-order valence-corrected chi connectivity index (χ0v) is 12.7. The van der Waals surface area contributed by atoms with Gasteiger partial charge in [-0.25, -0.2) is 0 Å². The Morgan fingerprint density at radius 2 is 1.50 bits per heavy atom. The molecule has 24 heavy (non-hydrogen) atoms. The second-order valence-electron chi connectivity index (χ2n) is 4.69. The lowest BCUT2D eigenvalue weighted by Crippen LogP contribution is -1.99. The van der Waals surface area contributed by atoms with E-state index in [1.807, 2.05) is 0 Å². The molecule has 0 unspecified atom stereocenters. The predicted octanol–water partition coefficient (Wildman–Crippen LogP) is 3.51. The Morgan fingerprint density at radius 1 is 0.958 bits per heavy atom. The number of rotatable bonds is 6. The number of nitro benzene ring substituents is 2. The molecule has 9 heteroatoms. The molecule has 0 N–H and O–H groups in total. The van der Waals surface area contributed by atoms with Crippen LogP contribution in [0.4, 0.5) is 11.4 Å². The van der Waals surface area contributed by atoms with Gasteiger partial charge in [0.05, 0.1) is 23.0 Å². The first-order valence-electron chi connectivity index (χ1n) is 6.63. The van der Waals surface area contributed by atoms with E-state index in [1.54, 1.807) is 0 Å². The van der Waals surface area contributed by atoms with Crippen LogP contribution < -0.4 is 9.47 Å². The number of hydrogen-bond acceptors (Lipinski definition) is 7. The lowest BCUT2D eigenvalue weighted by molar-refractivity contribution is -0.387. The number of Topliss-reactive ketones (excluding diaryl/α,β-unsaturated/α-hetero) is 1. The molecule has 0 radical (unpaired) electrons. The minimum absolute atomic E-state index is 0.137. The monoisotopic (exact) mass is 332 g/mol. The van der Waals surface area contributed by atoms with Crippen LogP contribution in [-0.2, 0) is 0 Å². The van der Waals surface area contributed by atoms with Gasteiger partial charge in [0.1, 0.15) is 5.75 Å². The lowest BCUT2D eigenvalue weighted by atomic mass is 10.1. The Balaban J connectivity index is 2.50. The van der Waals surface area contributed by atoms with Crippen LogP contribution in [-0.4, -0.2) is 22.7 Å². The fourth-order valence-electron chi connectivity index (χ4n) is 1.94. The van der Waals surface area contributed by atoms with Gasteiger partial charge in [0.15, 0.2) is 5.78 Å². The molecule has 124 valence electrons. The van der Waals surface area contributed by atoms with Gasteiger partial charge in [-0.3, -0.25) is 25.0 Å². The quantitative estimate of drug-likeness (QED) is 0.450. The summed E-state index contributed by atoms with van der Waals surface area (Å²) in [5, 5.41) is 22.3. The Bertz CT molecular complexity index is 833. The van der Waals surface area contributed by atoms with Crippen LogP contribution in [0.1, 0.15) is 17.3 Å². The molecule has 2 rings (SSSR count). The van der Waals surface area contributed by atoms with E-state index in [-0.39, 0.29) is 28.6 Å². The van der Waals surface area contributed by atoms with Crippen LogP contribution in [0.5, 0.6) is 17.2 Å². The van der Waals surface area contributed by atoms with Crippen LogP contribution in [0.15, 0.2) is 36.4 Å². The number of methoxy groups -OCH3 is 1. The fraction of sp³-hybridized carbons (Fsp3) is 0.133. The highest BCUT2D eigenvalue weighted by atomic mass is 16.6. The summed E-state index contributed by atoms with van der Waals surface area (Å²) in [5.41, 5.74) is -0.731. The van der Waals surface area contributed by atoms with Crippen molar-refractivity contribution in [2.45, 2.75) is 6.92 Å². The van der Waals surface area contributed by atoms with Crippen molar-refractivity contribution < 1.29 is 24.1 Å². The van der Waals surface area contributed by atoms with Gasteiger partial charge in [0.25, 0.3) is 0 Å². The Labute approximate surface area is 135 Å². The Hall–Kier alpha value is -3.49. The van der Waals surface area contributed by atoms with Crippen molar-refractivity contribution in [2.24, 2.45) is 0 Å². The Kier molecular flexibility index (Phi) is 4.73. The van der Waals surface area contributed by atoms with Gasteiger partial charge in [-0.05, 0) is 31.2 Å². The maximum absolute atomic E-state index is 11.3. The van der Waals surface area contributed by atoms with Crippen LogP contribution in [0.25, 0.3) is 0 Å². The van der Waals surface area contributed by atoms with E-state index in [0.29, 0.717) is 0 Å². The summed E-state index contributed by atoms with van der Waals surface area (Å²) < 4.78 is 10.3. The molecule has 0 aliphatic rings. The van der Waals surface area contributed by atoms with Crippen molar-refractivity contribution in [3.63, 3.8) is 0 Å². The number of hydrogen-bond donors (Lipinski definition) is 0. The molecule has 0 saturated heterocycles. The summed E-state index contributed by atoms with van der Waals surface area (Å²) in [5.74, 6) is -0.492. The van der Waals surface area contributed by atoms with Gasteiger partial charge >= 0.3 is 11.4 Å². The Morgan fingerprint density at radius 3 is 2.00 bits per heavy atom. The standard InChI is InChI=1S/C15H12N2O7/c1-9(18)10-3-5-14(12(7-10)16(19)20)24-15-6-4-11(23-2)8-13(15)17(21)22/h3-8H,1-2H3.